The fourth-order valence-electron chi connectivity index (χ4n) is 7.09. The molecule has 3 saturated heterocycles. The first-order chi connectivity index (χ1) is 27.2. The largest absolute Gasteiger partial charge is 1.00 e. The Morgan fingerprint density at radius 1 is 0.617 bits per heavy atom. The quantitative estimate of drug-likeness (QED) is 0.111. The van der Waals surface area contributed by atoms with Crippen LogP contribution in [-0.2, 0) is 0 Å². The molecule has 4 N–H and O–H groups in total. The van der Waals surface area contributed by atoms with E-state index in [0.717, 1.165) is 13.1 Å². The molecule has 0 aliphatic carbocycles. The van der Waals surface area contributed by atoms with E-state index in [1.807, 2.05) is 67.5 Å². The number of quaternary nitrogens is 3. The molecule has 0 amide bonds. The highest BCUT2D eigenvalue weighted by Gasteiger charge is 2.31. The second-order valence-corrected chi connectivity index (χ2v) is 18.9. The number of piperidine rings is 3. The van der Waals surface area contributed by atoms with Crippen LogP contribution in [0.25, 0.3) is 0 Å². The maximum Gasteiger partial charge on any atom is 0.335 e. The predicted octanol–water partition coefficient (Wildman–Crippen LogP) is -1.63. The van der Waals surface area contributed by atoms with Gasteiger partial charge in [-0.1, -0.05) is 61.2 Å². The number of carboxylic acid groups (broad SMARTS) is 1. The van der Waals surface area contributed by atoms with Crippen molar-refractivity contribution in [3.05, 3.63) is 89.5 Å². The van der Waals surface area contributed by atoms with Gasteiger partial charge in [0.05, 0.1) is 50.3 Å². The number of nitrogens with zero attached hydrogens (tertiary/aromatic N) is 1. The lowest BCUT2D eigenvalue weighted by Crippen LogP contribution is -3.08. The minimum Gasteiger partial charge on any atom is -1.00 e. The molecule has 3 aromatic carbocycles. The van der Waals surface area contributed by atoms with E-state index in [2.05, 4.69) is 78.5 Å². The molecular formula is C46H70Cl4N4O4S2. The number of hydrogen-bond donors (Lipinski definition) is 5. The number of rotatable bonds is 7. The van der Waals surface area contributed by atoms with E-state index in [0.29, 0.717) is 32.9 Å². The summed E-state index contributed by atoms with van der Waals surface area (Å²) in [5.74, 6) is -0.855. The summed E-state index contributed by atoms with van der Waals surface area (Å²) < 4.78 is 5.75. The molecule has 6 rings (SSSR count). The van der Waals surface area contributed by atoms with Gasteiger partial charge in [-0.05, 0) is 101 Å². The highest BCUT2D eigenvalue weighted by Crippen LogP contribution is 2.27. The number of thiol groups is 1. The summed E-state index contributed by atoms with van der Waals surface area (Å²) in [6.07, 6.45) is 7.47. The van der Waals surface area contributed by atoms with Gasteiger partial charge >= 0.3 is 5.97 Å². The normalized spacial score (nSPS) is 17.8. The minimum atomic E-state index is -0.855. The van der Waals surface area contributed by atoms with Crippen LogP contribution in [0.1, 0.15) is 120 Å². The van der Waals surface area contributed by atoms with E-state index in [9.17, 15) is 14.4 Å². The summed E-state index contributed by atoms with van der Waals surface area (Å²) in [5, 5.41) is 8.30. The van der Waals surface area contributed by atoms with Crippen molar-refractivity contribution in [2.75, 3.05) is 53.4 Å². The summed E-state index contributed by atoms with van der Waals surface area (Å²) in [7, 11) is 5.04. The van der Waals surface area contributed by atoms with Crippen LogP contribution in [0, 0.1) is 16.2 Å². The van der Waals surface area contributed by atoms with Crippen molar-refractivity contribution >= 4 is 75.3 Å². The Hall–Kier alpha value is -2.25. The molecule has 0 saturated carbocycles. The first-order valence-corrected chi connectivity index (χ1v) is 21.1. The standard InChI is InChI=1S/C14H18ClNO.C14H19NO2.C14H19NOS.C3H7NS.CH4.3ClH/c1-14(2)7-9-16(10-8-14)12-5-3-11(4-6-12)13(15)17;2*1-14(2)7-9-15(10-8-14)12-5-3-11(4-6-12)13(16)17;1-4(2)3-5;;;;/h3-6H,7-10H2,1-2H3;2*3-6H,7-10H2,1-2H3,(H,16,17);3H,1-2H3;1H4;3*1H/i;;;;1T;;;. The van der Waals surface area contributed by atoms with Crippen LogP contribution in [0.15, 0.2) is 72.8 Å². The third-order valence-corrected chi connectivity index (χ3v) is 12.3. The van der Waals surface area contributed by atoms with Crippen molar-refractivity contribution in [3.8, 4) is 0 Å². The molecule has 3 aromatic rings. The number of nitrogens with one attached hydrogen (secondary N) is 3. The molecule has 3 aliphatic heterocycles. The third-order valence-electron chi connectivity index (χ3n) is 11.4. The molecule has 14 heteroatoms. The van der Waals surface area contributed by atoms with E-state index < -0.39 is 5.97 Å². The van der Waals surface area contributed by atoms with Crippen LogP contribution in [0.2, 0.25) is 0 Å². The smallest absolute Gasteiger partial charge is 0.335 e. The monoisotopic (exact) mass is 948 g/mol. The predicted molar refractivity (Wildman–Crippen MR) is 244 cm³/mol. The lowest BCUT2D eigenvalue weighted by Gasteiger charge is -2.34. The van der Waals surface area contributed by atoms with Gasteiger partial charge in [-0.3, -0.25) is 9.59 Å². The van der Waals surface area contributed by atoms with Crippen molar-refractivity contribution in [2.24, 2.45) is 16.2 Å². The molecule has 0 spiro atoms. The van der Waals surface area contributed by atoms with Crippen LogP contribution >= 0.6 is 36.4 Å². The SMILES string of the molecule is CC1(C)CC[NH+](c2ccc(C(=O)Cl)cc2)CC1.CC1(C)CC[NH+](c2ccc(C(=O)O)cc2)CC1.CC1(C)CC[NH+](c2ccc(C(=O)S)cc2)CC1.CN(C)C=S.[3H]C.[Cl-].[Cl-].[Cl-]. The first-order valence-electron chi connectivity index (χ1n) is 20.8. The third kappa shape index (κ3) is 20.7. The number of aromatic carboxylic acids is 1. The van der Waals surface area contributed by atoms with Gasteiger partial charge in [0, 0.05) is 65.1 Å². The molecule has 3 heterocycles. The molecule has 8 nitrogen and oxygen atoms in total. The fraction of sp³-hybridized carbons (Fsp3) is 0.522. The molecule has 0 radical (unpaired) electrons. The zero-order valence-electron chi connectivity index (χ0n) is 38.0. The number of benzene rings is 3. The summed E-state index contributed by atoms with van der Waals surface area (Å²) in [6, 6.07) is 22.8. The van der Waals surface area contributed by atoms with Crippen LogP contribution in [-0.4, -0.2) is 85.2 Å². The number of hydrogen-bond acceptors (Lipinski definition) is 4. The van der Waals surface area contributed by atoms with E-state index >= 15 is 0 Å². The second-order valence-electron chi connectivity index (χ2n) is 18.0. The van der Waals surface area contributed by atoms with Crippen molar-refractivity contribution < 1.29 is 72.8 Å². The second kappa shape index (κ2) is 27.7. The number of carbonyl (C=O) groups is 3. The van der Waals surface area contributed by atoms with Gasteiger partial charge in [0.1, 0.15) is 17.1 Å². The number of carboxylic acids is 1. The van der Waals surface area contributed by atoms with Gasteiger partial charge in [0.25, 0.3) is 5.24 Å². The summed E-state index contributed by atoms with van der Waals surface area (Å²) in [6.45, 7) is 21.0. The van der Waals surface area contributed by atoms with E-state index in [-0.39, 0.29) is 47.6 Å². The van der Waals surface area contributed by atoms with Crippen molar-refractivity contribution in [2.45, 2.75) is 87.5 Å². The molecular weight excluding hydrogens is 878 g/mol. The molecule has 0 bridgehead atoms. The fourth-order valence-corrected chi connectivity index (χ4v) is 7.36. The highest BCUT2D eigenvalue weighted by atomic mass is 35.5. The number of carbonyl (C=O) groups excluding carboxylic acids is 2. The van der Waals surface area contributed by atoms with Crippen LogP contribution in [0.5, 0.6) is 0 Å². The molecule has 60 heavy (non-hydrogen) atoms. The van der Waals surface area contributed by atoms with Crippen molar-refractivity contribution in [3.63, 3.8) is 0 Å². The summed E-state index contributed by atoms with van der Waals surface area (Å²) in [4.78, 5) is 39.1. The summed E-state index contributed by atoms with van der Waals surface area (Å²) in [5.41, 5.74) is 8.41. The highest BCUT2D eigenvalue weighted by molar-refractivity contribution is 7.97. The van der Waals surface area contributed by atoms with E-state index in [1.165, 1.54) is 104 Å². The van der Waals surface area contributed by atoms with Crippen molar-refractivity contribution in [1.29, 1.82) is 0 Å². The van der Waals surface area contributed by atoms with Crippen LogP contribution < -0.4 is 51.9 Å². The Balaban J connectivity index is 0. The van der Waals surface area contributed by atoms with E-state index in [4.69, 9.17) is 18.1 Å². The van der Waals surface area contributed by atoms with Gasteiger partial charge in [-0.25, -0.2) is 4.79 Å². The lowest BCUT2D eigenvalue weighted by atomic mass is 9.82. The van der Waals surface area contributed by atoms with Gasteiger partial charge < -0.3 is 61.9 Å². The molecule has 3 fully saturated rings. The zero-order chi connectivity index (χ0) is 43.7. The number of halogens is 4. The van der Waals surface area contributed by atoms with Gasteiger partial charge in [-0.2, -0.15) is 0 Å². The maximum atomic E-state index is 11.1. The Morgan fingerprint density at radius 2 is 0.850 bits per heavy atom. The average molecular weight is 951 g/mol. The van der Waals surface area contributed by atoms with Gasteiger partial charge in [0.15, 0.2) is 0 Å². The average Bonchev–Trinajstić information content (AvgIpc) is 3.19. The van der Waals surface area contributed by atoms with E-state index in [1.54, 1.807) is 17.6 Å². The minimum absolute atomic E-state index is 0. The van der Waals surface area contributed by atoms with Crippen LogP contribution in [0.4, 0.5) is 17.1 Å². The molecule has 0 unspecified atom stereocenters. The molecule has 0 atom stereocenters. The van der Waals surface area contributed by atoms with Gasteiger partial charge in [0.2, 0.25) is 5.12 Å². The summed E-state index contributed by atoms with van der Waals surface area (Å²) >= 11 is 13.7. The zero-order valence-corrected chi connectivity index (χ0v) is 41.7. The maximum absolute atomic E-state index is 11.1. The Bertz CT molecular complexity index is 1530. The first kappa shape index (κ1) is 57.8. The topological polar surface area (TPSA) is 88.0 Å². The Kier molecular flexibility index (Phi) is 26.7. The van der Waals surface area contributed by atoms with Gasteiger partial charge in [-0.15, -0.1) is 12.6 Å². The molecule has 338 valence electrons. The molecule has 0 aromatic heterocycles. The lowest BCUT2D eigenvalue weighted by molar-refractivity contribution is -0.841. The van der Waals surface area contributed by atoms with Crippen LogP contribution in [0.3, 0.4) is 0 Å². The Morgan fingerprint density at radius 3 is 1.05 bits per heavy atom. The van der Waals surface area contributed by atoms with Crippen molar-refractivity contribution in [1.82, 2.24) is 4.90 Å². The molecule has 3 aliphatic rings. The number of thiocarbonyl (C=S) groups is 1. The Labute approximate surface area is 397 Å².